The molecular weight excluding hydrogens is 511 g/mol. The number of carbonyl (C=O) groups is 1. The van der Waals surface area contributed by atoms with Gasteiger partial charge in [0.25, 0.3) is 0 Å². The van der Waals surface area contributed by atoms with E-state index in [9.17, 15) is 31.5 Å². The molecule has 0 unspecified atom stereocenters. The predicted octanol–water partition coefficient (Wildman–Crippen LogP) is 4.83. The highest BCUT2D eigenvalue weighted by atomic mass is 19.4. The first-order chi connectivity index (χ1) is 17.8. The molecule has 2 aromatic heterocycles. The number of alkyl halides is 3. The average Bonchev–Trinajstić information content (AvgIpc) is 3.24. The standard InChI is InChI=1S/C26H23F5N4O3/c1-14(2)23(33-25(37)26(29,30)31)24(15-8-17(27)11-18(28)9-15)38-20-5-6-21-16(10-20)12-32-35(21)19-4-7-22(36)34(3)13-19/h4-14,23-24H,1-3H3,(H,33,37)/t23-,24+/m0/s1. The Labute approximate surface area is 213 Å². The topological polar surface area (TPSA) is 78.2 Å². The number of hydrogen-bond donors (Lipinski definition) is 1. The lowest BCUT2D eigenvalue weighted by atomic mass is 9.92. The molecule has 0 aliphatic carbocycles. The zero-order valence-electron chi connectivity index (χ0n) is 20.5. The minimum Gasteiger partial charge on any atom is -0.484 e. The van der Waals surface area contributed by atoms with E-state index in [4.69, 9.17) is 4.74 Å². The fourth-order valence-corrected chi connectivity index (χ4v) is 4.05. The summed E-state index contributed by atoms with van der Waals surface area (Å²) < 4.78 is 76.3. The second kappa shape index (κ2) is 10.3. The summed E-state index contributed by atoms with van der Waals surface area (Å²) in [5.74, 6) is -4.55. The van der Waals surface area contributed by atoms with Crippen LogP contribution >= 0.6 is 0 Å². The number of ether oxygens (including phenoxy) is 1. The van der Waals surface area contributed by atoms with Gasteiger partial charge in [-0.05, 0) is 42.3 Å². The molecule has 200 valence electrons. The molecule has 12 heteroatoms. The van der Waals surface area contributed by atoms with E-state index in [2.05, 4.69) is 5.10 Å². The zero-order chi connectivity index (χ0) is 27.8. The molecule has 2 heterocycles. The Morgan fingerprint density at radius 3 is 2.32 bits per heavy atom. The van der Waals surface area contributed by atoms with Gasteiger partial charge in [0.15, 0.2) is 0 Å². The Kier molecular flexibility index (Phi) is 7.25. The van der Waals surface area contributed by atoms with Crippen molar-refractivity contribution >= 4 is 16.8 Å². The lowest BCUT2D eigenvalue weighted by molar-refractivity contribution is -0.175. The summed E-state index contributed by atoms with van der Waals surface area (Å²) in [4.78, 5) is 23.5. The van der Waals surface area contributed by atoms with Crippen LogP contribution in [0, 0.1) is 17.6 Å². The van der Waals surface area contributed by atoms with Crippen molar-refractivity contribution in [2.45, 2.75) is 32.2 Å². The number of carbonyl (C=O) groups excluding carboxylic acids is 1. The summed E-state index contributed by atoms with van der Waals surface area (Å²) >= 11 is 0. The molecule has 0 bridgehead atoms. The molecule has 0 saturated carbocycles. The van der Waals surface area contributed by atoms with Gasteiger partial charge in [0, 0.05) is 36.3 Å². The quantitative estimate of drug-likeness (QED) is 0.345. The Bertz CT molecular complexity index is 1520. The molecule has 1 amide bonds. The van der Waals surface area contributed by atoms with Gasteiger partial charge in [-0.1, -0.05) is 13.8 Å². The number of nitrogens with one attached hydrogen (secondary N) is 1. The number of nitrogens with zero attached hydrogens (tertiary/aromatic N) is 3. The largest absolute Gasteiger partial charge is 0.484 e. The molecule has 4 rings (SSSR count). The number of benzene rings is 2. The number of aromatic nitrogens is 3. The Morgan fingerprint density at radius 2 is 1.71 bits per heavy atom. The van der Waals surface area contributed by atoms with E-state index >= 15 is 0 Å². The summed E-state index contributed by atoms with van der Waals surface area (Å²) in [7, 11) is 1.60. The zero-order valence-corrected chi connectivity index (χ0v) is 20.5. The summed E-state index contributed by atoms with van der Waals surface area (Å²) in [5.41, 5.74) is 0.955. The van der Waals surface area contributed by atoms with Crippen molar-refractivity contribution in [1.82, 2.24) is 19.7 Å². The number of pyridine rings is 1. The second-order valence-corrected chi connectivity index (χ2v) is 9.10. The summed E-state index contributed by atoms with van der Waals surface area (Å²) in [5, 5.41) is 6.83. The summed E-state index contributed by atoms with van der Waals surface area (Å²) in [6, 6.07) is 8.94. The fraction of sp³-hybridized carbons (Fsp3) is 0.269. The molecule has 0 aliphatic rings. The Balaban J connectivity index is 1.74. The first-order valence-corrected chi connectivity index (χ1v) is 11.5. The van der Waals surface area contributed by atoms with Gasteiger partial charge in [-0.15, -0.1) is 0 Å². The van der Waals surface area contributed by atoms with Crippen molar-refractivity contribution in [1.29, 1.82) is 0 Å². The molecule has 0 fully saturated rings. The van der Waals surface area contributed by atoms with Gasteiger partial charge in [-0.3, -0.25) is 9.59 Å². The molecule has 0 radical (unpaired) electrons. The van der Waals surface area contributed by atoms with E-state index in [1.807, 2.05) is 5.32 Å². The van der Waals surface area contributed by atoms with Gasteiger partial charge >= 0.3 is 12.1 Å². The van der Waals surface area contributed by atoms with Crippen LogP contribution in [0.3, 0.4) is 0 Å². The van der Waals surface area contributed by atoms with Crippen LogP contribution in [0.2, 0.25) is 0 Å². The normalized spacial score (nSPS) is 13.5. The fourth-order valence-electron chi connectivity index (χ4n) is 4.05. The highest BCUT2D eigenvalue weighted by Crippen LogP contribution is 2.32. The SMILES string of the molecule is CC(C)[C@H](NC(=O)C(F)(F)F)[C@H](Oc1ccc2c(cnn2-c2ccc(=O)n(C)c2)c1)c1cc(F)cc(F)c1. The van der Waals surface area contributed by atoms with Crippen LogP contribution in [0.4, 0.5) is 22.0 Å². The molecule has 1 N–H and O–H groups in total. The monoisotopic (exact) mass is 534 g/mol. The number of fused-ring (bicyclic) bond motifs is 1. The molecule has 0 spiro atoms. The van der Waals surface area contributed by atoms with Crippen molar-refractivity contribution < 1.29 is 31.5 Å². The molecule has 0 saturated heterocycles. The number of halogens is 5. The van der Waals surface area contributed by atoms with Crippen LogP contribution in [0.25, 0.3) is 16.6 Å². The lowest BCUT2D eigenvalue weighted by Crippen LogP contribution is -2.49. The van der Waals surface area contributed by atoms with E-state index in [0.717, 1.165) is 12.1 Å². The van der Waals surface area contributed by atoms with E-state index in [1.54, 1.807) is 50.0 Å². The van der Waals surface area contributed by atoms with Crippen LogP contribution < -0.4 is 15.6 Å². The van der Waals surface area contributed by atoms with Gasteiger partial charge in [-0.2, -0.15) is 18.3 Å². The van der Waals surface area contributed by atoms with Gasteiger partial charge in [-0.25, -0.2) is 13.5 Å². The average molecular weight is 534 g/mol. The van der Waals surface area contributed by atoms with Crippen molar-refractivity contribution in [2.24, 2.45) is 13.0 Å². The van der Waals surface area contributed by atoms with Crippen LogP contribution in [0.15, 0.2) is 65.7 Å². The number of hydrogen-bond acceptors (Lipinski definition) is 4. The Morgan fingerprint density at radius 1 is 1.03 bits per heavy atom. The molecule has 38 heavy (non-hydrogen) atoms. The number of aryl methyl sites for hydroxylation is 1. The van der Waals surface area contributed by atoms with Crippen molar-refractivity contribution in [2.75, 3.05) is 0 Å². The number of rotatable bonds is 7. The second-order valence-electron chi connectivity index (χ2n) is 9.10. The first kappa shape index (κ1) is 26.8. The number of amides is 1. The highest BCUT2D eigenvalue weighted by Gasteiger charge is 2.42. The minimum atomic E-state index is -5.17. The molecule has 2 aromatic carbocycles. The van der Waals surface area contributed by atoms with Crippen molar-refractivity contribution in [3.05, 3.63) is 88.5 Å². The van der Waals surface area contributed by atoms with Crippen LogP contribution in [0.1, 0.15) is 25.5 Å². The van der Waals surface area contributed by atoms with Crippen LogP contribution in [-0.2, 0) is 11.8 Å². The smallest absolute Gasteiger partial charge is 0.471 e. The van der Waals surface area contributed by atoms with E-state index < -0.39 is 41.8 Å². The van der Waals surface area contributed by atoms with Crippen LogP contribution in [-0.4, -0.2) is 32.5 Å². The molecular formula is C26H23F5N4O3. The highest BCUT2D eigenvalue weighted by molar-refractivity contribution is 5.82. The van der Waals surface area contributed by atoms with E-state index in [0.29, 0.717) is 22.7 Å². The maximum atomic E-state index is 14.1. The summed E-state index contributed by atoms with van der Waals surface area (Å²) in [6.45, 7) is 3.10. The van der Waals surface area contributed by atoms with E-state index in [1.165, 1.54) is 22.9 Å². The lowest BCUT2D eigenvalue weighted by Gasteiger charge is -2.32. The third kappa shape index (κ3) is 5.68. The minimum absolute atomic E-state index is 0.0929. The molecule has 7 nitrogen and oxygen atoms in total. The first-order valence-electron chi connectivity index (χ1n) is 11.5. The third-order valence-electron chi connectivity index (χ3n) is 5.93. The van der Waals surface area contributed by atoms with Gasteiger partial charge in [0.1, 0.15) is 23.5 Å². The molecule has 4 aromatic rings. The van der Waals surface area contributed by atoms with Crippen molar-refractivity contribution in [3.8, 4) is 11.4 Å². The van der Waals surface area contributed by atoms with Gasteiger partial charge in [0.05, 0.1) is 23.4 Å². The maximum absolute atomic E-state index is 14.1. The third-order valence-corrected chi connectivity index (χ3v) is 5.93. The van der Waals surface area contributed by atoms with Crippen molar-refractivity contribution in [3.63, 3.8) is 0 Å². The predicted molar refractivity (Wildman–Crippen MR) is 129 cm³/mol. The van der Waals surface area contributed by atoms with Gasteiger partial charge in [0.2, 0.25) is 5.56 Å². The summed E-state index contributed by atoms with van der Waals surface area (Å²) in [6.07, 6.45) is -3.42. The van der Waals surface area contributed by atoms with Crippen LogP contribution in [0.5, 0.6) is 5.75 Å². The molecule has 2 atom stereocenters. The van der Waals surface area contributed by atoms with Gasteiger partial charge < -0.3 is 14.6 Å². The van der Waals surface area contributed by atoms with E-state index in [-0.39, 0.29) is 16.9 Å². The maximum Gasteiger partial charge on any atom is 0.471 e. The Hall–Kier alpha value is -4.22. The molecule has 0 aliphatic heterocycles.